The molecule has 0 spiro atoms. The van der Waals surface area contributed by atoms with Gasteiger partial charge in [-0.15, -0.1) is 0 Å². The van der Waals surface area contributed by atoms with Gasteiger partial charge in [0.25, 0.3) is 0 Å². The number of amides is 3. The van der Waals surface area contributed by atoms with E-state index in [9.17, 15) is 14.0 Å². The molecule has 24 heavy (non-hydrogen) atoms. The van der Waals surface area contributed by atoms with Crippen LogP contribution in [0.2, 0.25) is 0 Å². The highest BCUT2D eigenvalue weighted by Gasteiger charge is 2.37. The number of likely N-dealkylation sites (tertiary alicyclic amines) is 1. The highest BCUT2D eigenvalue weighted by molar-refractivity contribution is 5.83. The number of nitrogens with zero attached hydrogens (tertiary/aromatic N) is 1. The number of carbonyl (C=O) groups is 2. The van der Waals surface area contributed by atoms with Crippen LogP contribution >= 0.6 is 0 Å². The third-order valence-electron chi connectivity index (χ3n) is 4.59. The van der Waals surface area contributed by atoms with E-state index in [1.54, 1.807) is 17.0 Å². The van der Waals surface area contributed by atoms with Crippen LogP contribution in [0.5, 0.6) is 0 Å². The summed E-state index contributed by atoms with van der Waals surface area (Å²) in [5.74, 6) is -0.300. The van der Waals surface area contributed by atoms with Crippen LogP contribution in [0.1, 0.15) is 38.7 Å². The number of nitrogens with one attached hydrogen (secondary N) is 2. The zero-order valence-corrected chi connectivity index (χ0v) is 14.4. The Balaban J connectivity index is 1.82. The number of halogens is 1. The van der Waals surface area contributed by atoms with Crippen molar-refractivity contribution in [1.82, 2.24) is 15.5 Å². The van der Waals surface area contributed by atoms with Crippen molar-refractivity contribution in [3.63, 3.8) is 0 Å². The summed E-state index contributed by atoms with van der Waals surface area (Å²) in [5.41, 5.74) is 0.395. The molecule has 6 heteroatoms. The van der Waals surface area contributed by atoms with Crippen molar-refractivity contribution >= 4 is 11.9 Å². The van der Waals surface area contributed by atoms with Crippen molar-refractivity contribution in [2.45, 2.75) is 39.7 Å². The summed E-state index contributed by atoms with van der Waals surface area (Å²) in [6, 6.07) is 6.05. The molecule has 1 heterocycles. The highest BCUT2D eigenvalue weighted by Crippen LogP contribution is 2.31. The van der Waals surface area contributed by atoms with Gasteiger partial charge in [-0.3, -0.25) is 4.79 Å². The van der Waals surface area contributed by atoms with Crippen molar-refractivity contribution in [1.29, 1.82) is 0 Å². The minimum Gasteiger partial charge on any atom is -0.352 e. The minimum atomic E-state index is -0.471. The van der Waals surface area contributed by atoms with Crippen molar-refractivity contribution in [2.75, 3.05) is 19.6 Å². The van der Waals surface area contributed by atoms with Gasteiger partial charge in [-0.1, -0.05) is 26.0 Å². The van der Waals surface area contributed by atoms with E-state index in [4.69, 9.17) is 0 Å². The highest BCUT2D eigenvalue weighted by atomic mass is 19.1. The second kappa shape index (κ2) is 8.13. The van der Waals surface area contributed by atoms with Crippen LogP contribution in [0.25, 0.3) is 0 Å². The lowest BCUT2D eigenvalue weighted by atomic mass is 9.79. The molecule has 1 aromatic rings. The summed E-state index contributed by atoms with van der Waals surface area (Å²) < 4.78 is 12.9. The van der Waals surface area contributed by atoms with Gasteiger partial charge in [-0.05, 0) is 37.0 Å². The van der Waals surface area contributed by atoms with Crippen LogP contribution in [0, 0.1) is 11.2 Å². The number of urea groups is 1. The first-order valence-corrected chi connectivity index (χ1v) is 8.50. The van der Waals surface area contributed by atoms with E-state index in [0.29, 0.717) is 39.0 Å². The van der Waals surface area contributed by atoms with Gasteiger partial charge in [-0.2, -0.15) is 0 Å². The monoisotopic (exact) mass is 335 g/mol. The van der Waals surface area contributed by atoms with Crippen LogP contribution < -0.4 is 10.6 Å². The van der Waals surface area contributed by atoms with Crippen molar-refractivity contribution in [3.05, 3.63) is 35.6 Å². The fourth-order valence-electron chi connectivity index (χ4n) is 2.77. The molecule has 0 saturated carbocycles. The van der Waals surface area contributed by atoms with Crippen molar-refractivity contribution in [3.8, 4) is 0 Å². The van der Waals surface area contributed by atoms with E-state index in [-0.39, 0.29) is 17.8 Å². The van der Waals surface area contributed by atoms with Crippen LogP contribution in [0.15, 0.2) is 24.3 Å². The van der Waals surface area contributed by atoms with E-state index >= 15 is 0 Å². The average Bonchev–Trinajstić information content (AvgIpc) is 2.59. The third-order valence-corrected chi connectivity index (χ3v) is 4.59. The molecule has 2 rings (SSSR count). The summed E-state index contributed by atoms with van der Waals surface area (Å²) >= 11 is 0. The molecule has 5 nitrogen and oxygen atoms in total. The van der Waals surface area contributed by atoms with Gasteiger partial charge in [-0.25, -0.2) is 9.18 Å². The first kappa shape index (κ1) is 18.2. The Morgan fingerprint density at radius 2 is 1.79 bits per heavy atom. The van der Waals surface area contributed by atoms with Gasteiger partial charge in [0.1, 0.15) is 5.82 Å². The lowest BCUT2D eigenvalue weighted by molar-refractivity contribution is -0.132. The number of hydrogen-bond donors (Lipinski definition) is 2. The lowest BCUT2D eigenvalue weighted by Gasteiger charge is -2.38. The van der Waals surface area contributed by atoms with Gasteiger partial charge >= 0.3 is 6.03 Å². The molecule has 0 radical (unpaired) electrons. The standard InChI is InChI=1S/C18H26FN3O2/c1-3-10-20-17(24)22-11-8-18(2,9-12-22)16(23)21-13-14-4-6-15(19)7-5-14/h4-7H,3,8-13H2,1-2H3,(H,20,24)(H,21,23). The second-order valence-corrected chi connectivity index (χ2v) is 6.59. The topological polar surface area (TPSA) is 61.4 Å². The van der Waals surface area contributed by atoms with E-state index in [1.807, 2.05) is 13.8 Å². The Bertz CT molecular complexity index is 566. The number of benzene rings is 1. The molecule has 0 aromatic heterocycles. The lowest BCUT2D eigenvalue weighted by Crippen LogP contribution is -2.51. The van der Waals surface area contributed by atoms with E-state index in [2.05, 4.69) is 10.6 Å². The van der Waals surface area contributed by atoms with Crippen LogP contribution in [-0.2, 0) is 11.3 Å². The minimum absolute atomic E-state index is 0.0135. The number of hydrogen-bond acceptors (Lipinski definition) is 2. The van der Waals surface area contributed by atoms with Crippen LogP contribution in [-0.4, -0.2) is 36.5 Å². The molecule has 1 aliphatic rings. The molecule has 0 atom stereocenters. The predicted molar refractivity (Wildman–Crippen MR) is 90.9 cm³/mol. The zero-order valence-electron chi connectivity index (χ0n) is 14.4. The normalized spacial score (nSPS) is 16.5. The van der Waals surface area contributed by atoms with E-state index in [1.165, 1.54) is 12.1 Å². The maximum atomic E-state index is 12.9. The van der Waals surface area contributed by atoms with Crippen molar-refractivity contribution < 1.29 is 14.0 Å². The summed E-state index contributed by atoms with van der Waals surface area (Å²) in [4.78, 5) is 26.2. The Labute approximate surface area is 142 Å². The van der Waals surface area contributed by atoms with Gasteiger partial charge in [0.2, 0.25) is 5.91 Å². The van der Waals surface area contributed by atoms with Gasteiger partial charge in [0, 0.05) is 31.6 Å². The quantitative estimate of drug-likeness (QED) is 0.869. The Hall–Kier alpha value is -2.11. The fourth-order valence-corrected chi connectivity index (χ4v) is 2.77. The molecule has 3 amide bonds. The molecule has 1 saturated heterocycles. The van der Waals surface area contributed by atoms with E-state index in [0.717, 1.165) is 12.0 Å². The van der Waals surface area contributed by atoms with Crippen molar-refractivity contribution in [2.24, 2.45) is 5.41 Å². The molecule has 0 unspecified atom stereocenters. The second-order valence-electron chi connectivity index (χ2n) is 6.59. The van der Waals surface area contributed by atoms with Crippen LogP contribution in [0.3, 0.4) is 0 Å². The van der Waals surface area contributed by atoms with Crippen LogP contribution in [0.4, 0.5) is 9.18 Å². The maximum absolute atomic E-state index is 12.9. The summed E-state index contributed by atoms with van der Waals surface area (Å²) in [5, 5.41) is 5.79. The largest absolute Gasteiger partial charge is 0.352 e. The average molecular weight is 335 g/mol. The number of piperidine rings is 1. The SMILES string of the molecule is CCCNC(=O)N1CCC(C)(C(=O)NCc2ccc(F)cc2)CC1. The zero-order chi connectivity index (χ0) is 17.6. The molecule has 1 aromatic carbocycles. The molecule has 1 aliphatic heterocycles. The van der Waals surface area contributed by atoms with Gasteiger partial charge in [0.15, 0.2) is 0 Å². The molecule has 2 N–H and O–H groups in total. The van der Waals surface area contributed by atoms with Gasteiger partial charge in [0.05, 0.1) is 0 Å². The Morgan fingerprint density at radius 3 is 2.38 bits per heavy atom. The number of rotatable bonds is 5. The fraction of sp³-hybridized carbons (Fsp3) is 0.556. The Kier molecular flexibility index (Phi) is 6.17. The molecule has 132 valence electrons. The smallest absolute Gasteiger partial charge is 0.317 e. The molecule has 0 aliphatic carbocycles. The first-order valence-electron chi connectivity index (χ1n) is 8.50. The molecular formula is C18H26FN3O2. The Morgan fingerprint density at radius 1 is 1.17 bits per heavy atom. The summed E-state index contributed by atoms with van der Waals surface area (Å²) in [7, 11) is 0. The maximum Gasteiger partial charge on any atom is 0.317 e. The summed E-state index contributed by atoms with van der Waals surface area (Å²) in [6.45, 7) is 6.17. The van der Waals surface area contributed by atoms with Gasteiger partial charge < -0.3 is 15.5 Å². The predicted octanol–water partition coefficient (Wildman–Crippen LogP) is 2.66. The van der Waals surface area contributed by atoms with E-state index < -0.39 is 5.41 Å². The first-order chi connectivity index (χ1) is 11.4. The molecular weight excluding hydrogens is 309 g/mol. The summed E-state index contributed by atoms with van der Waals surface area (Å²) in [6.07, 6.45) is 2.19. The molecule has 0 bridgehead atoms. The third kappa shape index (κ3) is 4.69. The number of carbonyl (C=O) groups excluding carboxylic acids is 2. The molecule has 1 fully saturated rings.